The number of nitrogens with one attached hydrogen (secondary N) is 1. The van der Waals surface area contributed by atoms with Crippen LogP contribution < -0.4 is 14.8 Å². The molecule has 0 saturated carbocycles. The molecular weight excluding hydrogens is 302 g/mol. The van der Waals surface area contributed by atoms with Gasteiger partial charge >= 0.3 is 0 Å². The molecule has 0 aliphatic carbocycles. The van der Waals surface area contributed by atoms with Crippen molar-refractivity contribution in [2.45, 2.75) is 25.7 Å². The molecule has 5 nitrogen and oxygen atoms in total. The third kappa shape index (κ3) is 4.66. The van der Waals surface area contributed by atoms with Gasteiger partial charge in [-0.05, 0) is 37.5 Å². The molecule has 132 valence electrons. The van der Waals surface area contributed by atoms with Crippen LogP contribution in [0.5, 0.6) is 11.5 Å². The van der Waals surface area contributed by atoms with Gasteiger partial charge in [0.2, 0.25) is 0 Å². The molecule has 1 aromatic rings. The van der Waals surface area contributed by atoms with E-state index in [4.69, 9.17) is 9.47 Å². The predicted molar refractivity (Wildman–Crippen MR) is 99.3 cm³/mol. The molecule has 1 aromatic carbocycles. The SMILES string of the molecule is C/C=C/CCNC(=NC)N1CCC(c2cc(OC)cc(OC)c2)C1. The van der Waals surface area contributed by atoms with Crippen molar-refractivity contribution in [1.82, 2.24) is 10.2 Å². The number of hydrogen-bond donors (Lipinski definition) is 1. The Bertz CT molecular complexity index is 562. The van der Waals surface area contributed by atoms with Crippen LogP contribution in [0.15, 0.2) is 35.3 Å². The highest BCUT2D eigenvalue weighted by atomic mass is 16.5. The second-order valence-electron chi connectivity index (χ2n) is 5.91. The summed E-state index contributed by atoms with van der Waals surface area (Å²) < 4.78 is 10.8. The fourth-order valence-corrected chi connectivity index (χ4v) is 3.06. The lowest BCUT2D eigenvalue weighted by Gasteiger charge is -2.21. The molecule has 1 N–H and O–H groups in total. The van der Waals surface area contributed by atoms with Gasteiger partial charge < -0.3 is 19.7 Å². The maximum atomic E-state index is 5.39. The van der Waals surface area contributed by atoms with Crippen LogP contribution in [0.25, 0.3) is 0 Å². The molecule has 0 aromatic heterocycles. The van der Waals surface area contributed by atoms with Gasteiger partial charge in [0.25, 0.3) is 0 Å². The minimum atomic E-state index is 0.461. The fourth-order valence-electron chi connectivity index (χ4n) is 3.06. The van der Waals surface area contributed by atoms with Crippen LogP contribution in [-0.2, 0) is 0 Å². The molecule has 1 heterocycles. The molecule has 2 rings (SSSR count). The first-order valence-corrected chi connectivity index (χ1v) is 8.51. The van der Waals surface area contributed by atoms with Gasteiger partial charge in [0.1, 0.15) is 11.5 Å². The van der Waals surface area contributed by atoms with Crippen LogP contribution in [0, 0.1) is 0 Å². The van der Waals surface area contributed by atoms with Crippen LogP contribution in [0.2, 0.25) is 0 Å². The molecule has 24 heavy (non-hydrogen) atoms. The molecule has 1 aliphatic rings. The van der Waals surface area contributed by atoms with Crippen LogP contribution in [0.3, 0.4) is 0 Å². The van der Waals surface area contributed by atoms with Crippen molar-refractivity contribution in [3.8, 4) is 11.5 Å². The van der Waals surface area contributed by atoms with Gasteiger partial charge in [-0.1, -0.05) is 12.2 Å². The molecule has 1 aliphatic heterocycles. The zero-order valence-corrected chi connectivity index (χ0v) is 15.2. The first kappa shape index (κ1) is 18.2. The lowest BCUT2D eigenvalue weighted by atomic mass is 9.98. The summed E-state index contributed by atoms with van der Waals surface area (Å²) in [5.41, 5.74) is 1.26. The molecule has 0 amide bonds. The summed E-state index contributed by atoms with van der Waals surface area (Å²) in [5, 5.41) is 3.44. The van der Waals surface area contributed by atoms with Gasteiger partial charge in [-0.3, -0.25) is 4.99 Å². The van der Waals surface area contributed by atoms with E-state index < -0.39 is 0 Å². The molecule has 5 heteroatoms. The molecule has 1 atom stereocenters. The number of methoxy groups -OCH3 is 2. The molecule has 0 radical (unpaired) electrons. The number of ether oxygens (including phenoxy) is 2. The maximum absolute atomic E-state index is 5.39. The van der Waals surface area contributed by atoms with E-state index in [-0.39, 0.29) is 0 Å². The lowest BCUT2D eigenvalue weighted by Crippen LogP contribution is -2.40. The average Bonchev–Trinajstić information content (AvgIpc) is 3.11. The Morgan fingerprint density at radius 1 is 1.29 bits per heavy atom. The third-order valence-electron chi connectivity index (χ3n) is 4.37. The number of benzene rings is 1. The zero-order chi connectivity index (χ0) is 17.4. The summed E-state index contributed by atoms with van der Waals surface area (Å²) in [6.45, 7) is 4.92. The zero-order valence-electron chi connectivity index (χ0n) is 15.2. The number of likely N-dealkylation sites (tertiary alicyclic amines) is 1. The van der Waals surface area contributed by atoms with Crippen molar-refractivity contribution in [3.63, 3.8) is 0 Å². The fraction of sp³-hybridized carbons (Fsp3) is 0.526. The highest BCUT2D eigenvalue weighted by Crippen LogP contribution is 2.32. The third-order valence-corrected chi connectivity index (χ3v) is 4.37. The van der Waals surface area contributed by atoms with Crippen molar-refractivity contribution in [2.75, 3.05) is 40.9 Å². The van der Waals surface area contributed by atoms with E-state index >= 15 is 0 Å². The van der Waals surface area contributed by atoms with Gasteiger partial charge in [0, 0.05) is 38.7 Å². The molecule has 0 bridgehead atoms. The van der Waals surface area contributed by atoms with Crippen LogP contribution >= 0.6 is 0 Å². The van der Waals surface area contributed by atoms with E-state index in [0.29, 0.717) is 5.92 Å². The maximum Gasteiger partial charge on any atom is 0.193 e. The van der Waals surface area contributed by atoms with Crippen molar-refractivity contribution in [1.29, 1.82) is 0 Å². The van der Waals surface area contributed by atoms with Crippen LogP contribution in [-0.4, -0.2) is 51.8 Å². The minimum Gasteiger partial charge on any atom is -0.497 e. The van der Waals surface area contributed by atoms with E-state index in [2.05, 4.69) is 39.5 Å². The Labute approximate surface area is 145 Å². The Kier molecular flexibility index (Phi) is 6.97. The standard InChI is InChI=1S/C19H29N3O2/c1-5-6-7-9-21-19(20-2)22-10-8-15(14-22)16-11-17(23-3)13-18(12-16)24-4/h5-6,11-13,15H,7-10,14H2,1-4H3,(H,20,21)/b6-5+. The molecular formula is C19H29N3O2. The number of nitrogens with zero attached hydrogens (tertiary/aromatic N) is 2. The first-order chi connectivity index (χ1) is 11.7. The Morgan fingerprint density at radius 3 is 2.58 bits per heavy atom. The van der Waals surface area contributed by atoms with Crippen molar-refractivity contribution in [3.05, 3.63) is 35.9 Å². The van der Waals surface area contributed by atoms with E-state index in [1.807, 2.05) is 20.0 Å². The second-order valence-corrected chi connectivity index (χ2v) is 5.91. The number of hydrogen-bond acceptors (Lipinski definition) is 3. The van der Waals surface area contributed by atoms with Crippen molar-refractivity contribution >= 4 is 5.96 Å². The van der Waals surface area contributed by atoms with Gasteiger partial charge in [-0.15, -0.1) is 0 Å². The Morgan fingerprint density at radius 2 is 2.00 bits per heavy atom. The number of allylic oxidation sites excluding steroid dienone is 1. The summed E-state index contributed by atoms with van der Waals surface area (Å²) in [5.74, 6) is 3.13. The largest absolute Gasteiger partial charge is 0.497 e. The van der Waals surface area contributed by atoms with Crippen molar-refractivity contribution in [2.24, 2.45) is 4.99 Å². The molecule has 1 fully saturated rings. The van der Waals surface area contributed by atoms with E-state index in [9.17, 15) is 0 Å². The molecule has 0 spiro atoms. The van der Waals surface area contributed by atoms with Gasteiger partial charge in [-0.25, -0.2) is 0 Å². The van der Waals surface area contributed by atoms with Crippen LogP contribution in [0.4, 0.5) is 0 Å². The minimum absolute atomic E-state index is 0.461. The van der Waals surface area contributed by atoms with Gasteiger partial charge in [0.05, 0.1) is 14.2 Å². The molecule has 1 saturated heterocycles. The Hall–Kier alpha value is -2.17. The van der Waals surface area contributed by atoms with Crippen LogP contribution in [0.1, 0.15) is 31.2 Å². The quantitative estimate of drug-likeness (QED) is 0.377. The number of aliphatic imine (C=N–C) groups is 1. The van der Waals surface area contributed by atoms with Crippen molar-refractivity contribution < 1.29 is 9.47 Å². The average molecular weight is 331 g/mol. The highest BCUT2D eigenvalue weighted by Gasteiger charge is 2.26. The molecule has 1 unspecified atom stereocenters. The summed E-state index contributed by atoms with van der Waals surface area (Å²) in [6.07, 6.45) is 6.36. The van der Waals surface area contributed by atoms with Gasteiger partial charge in [0.15, 0.2) is 5.96 Å². The van der Waals surface area contributed by atoms with E-state index in [1.165, 1.54) is 5.56 Å². The van der Waals surface area contributed by atoms with E-state index in [0.717, 1.165) is 49.9 Å². The summed E-state index contributed by atoms with van der Waals surface area (Å²) in [7, 11) is 5.23. The smallest absolute Gasteiger partial charge is 0.193 e. The second kappa shape index (κ2) is 9.21. The first-order valence-electron chi connectivity index (χ1n) is 8.51. The topological polar surface area (TPSA) is 46.1 Å². The summed E-state index contributed by atoms with van der Waals surface area (Å²) in [6, 6.07) is 6.13. The lowest BCUT2D eigenvalue weighted by molar-refractivity contribution is 0.392. The summed E-state index contributed by atoms with van der Waals surface area (Å²) >= 11 is 0. The van der Waals surface area contributed by atoms with E-state index in [1.54, 1.807) is 14.2 Å². The Balaban J connectivity index is 2.01. The number of rotatable bonds is 6. The summed E-state index contributed by atoms with van der Waals surface area (Å²) in [4.78, 5) is 6.75. The normalized spacial score (nSPS) is 18.2. The highest BCUT2D eigenvalue weighted by molar-refractivity contribution is 5.80. The number of guanidine groups is 1. The predicted octanol–water partition coefficient (Wildman–Crippen LogP) is 3.03. The monoisotopic (exact) mass is 331 g/mol. The van der Waals surface area contributed by atoms with Gasteiger partial charge in [-0.2, -0.15) is 0 Å².